The Labute approximate surface area is 123 Å². The van der Waals surface area contributed by atoms with E-state index in [0.29, 0.717) is 12.0 Å². The van der Waals surface area contributed by atoms with E-state index in [2.05, 4.69) is 55.3 Å². The lowest BCUT2D eigenvalue weighted by molar-refractivity contribution is 0.0847. The minimum absolute atomic E-state index is 0.545. The van der Waals surface area contributed by atoms with Gasteiger partial charge in [-0.25, -0.2) is 0 Å². The van der Waals surface area contributed by atoms with Crippen LogP contribution in [0, 0.1) is 5.92 Å². The summed E-state index contributed by atoms with van der Waals surface area (Å²) in [6.07, 6.45) is 2.77. The molecular weight excluding hydrogens is 244 g/mol. The summed E-state index contributed by atoms with van der Waals surface area (Å²) in [6.45, 7) is 10.6. The highest BCUT2D eigenvalue weighted by molar-refractivity contribution is 5.27. The fourth-order valence-electron chi connectivity index (χ4n) is 3.94. The van der Waals surface area contributed by atoms with Gasteiger partial charge in [0.15, 0.2) is 0 Å². The van der Waals surface area contributed by atoms with Gasteiger partial charge in [0.25, 0.3) is 0 Å². The Hall–Kier alpha value is -0.860. The summed E-state index contributed by atoms with van der Waals surface area (Å²) in [5.74, 6) is 1.50. The Bertz CT molecular complexity index is 437. The fraction of sp³-hybridized carbons (Fsp3) is 0.667. The molecule has 2 saturated heterocycles. The van der Waals surface area contributed by atoms with Crippen LogP contribution >= 0.6 is 0 Å². The molecular formula is C18H28N2. The van der Waals surface area contributed by atoms with Crippen molar-refractivity contribution < 1.29 is 0 Å². The van der Waals surface area contributed by atoms with E-state index < -0.39 is 0 Å². The number of nitrogens with zero attached hydrogens (tertiary/aromatic N) is 1. The Balaban J connectivity index is 1.75. The number of hydrogen-bond acceptors (Lipinski definition) is 2. The van der Waals surface area contributed by atoms with E-state index in [4.69, 9.17) is 0 Å². The SMILES string of the molecule is CC(C)c1ccc(C(C)N2CCCC3CNCC32)cc1. The van der Waals surface area contributed by atoms with Crippen molar-refractivity contribution in [1.29, 1.82) is 0 Å². The van der Waals surface area contributed by atoms with E-state index in [-0.39, 0.29) is 0 Å². The number of nitrogens with one attached hydrogen (secondary N) is 1. The molecule has 0 aromatic heterocycles. The molecule has 0 spiro atoms. The van der Waals surface area contributed by atoms with Crippen molar-refractivity contribution in [2.75, 3.05) is 19.6 Å². The van der Waals surface area contributed by atoms with E-state index in [1.54, 1.807) is 0 Å². The first-order valence-electron chi connectivity index (χ1n) is 8.23. The molecule has 2 fully saturated rings. The molecule has 2 heterocycles. The molecule has 0 amide bonds. The Morgan fingerprint density at radius 2 is 1.75 bits per heavy atom. The van der Waals surface area contributed by atoms with Crippen molar-refractivity contribution in [2.45, 2.75) is 51.6 Å². The van der Waals surface area contributed by atoms with Gasteiger partial charge in [-0.2, -0.15) is 0 Å². The van der Waals surface area contributed by atoms with E-state index >= 15 is 0 Å². The van der Waals surface area contributed by atoms with Gasteiger partial charge < -0.3 is 5.32 Å². The van der Waals surface area contributed by atoms with Crippen LogP contribution in [0.3, 0.4) is 0 Å². The lowest BCUT2D eigenvalue weighted by atomic mass is 9.89. The van der Waals surface area contributed by atoms with Crippen molar-refractivity contribution in [3.8, 4) is 0 Å². The number of benzene rings is 1. The van der Waals surface area contributed by atoms with Crippen LogP contribution in [0.5, 0.6) is 0 Å². The van der Waals surface area contributed by atoms with Crippen LogP contribution in [-0.2, 0) is 0 Å². The molecule has 3 rings (SSSR count). The largest absolute Gasteiger partial charge is 0.315 e. The predicted octanol–water partition coefficient (Wildman–Crippen LogP) is 3.55. The first kappa shape index (κ1) is 14.1. The maximum atomic E-state index is 3.58. The zero-order valence-electron chi connectivity index (χ0n) is 13.1. The van der Waals surface area contributed by atoms with Crippen LogP contribution < -0.4 is 5.32 Å². The van der Waals surface area contributed by atoms with Gasteiger partial charge in [0.2, 0.25) is 0 Å². The highest BCUT2D eigenvalue weighted by atomic mass is 15.2. The number of likely N-dealkylation sites (tertiary alicyclic amines) is 1. The standard InChI is InChI=1S/C18H28N2/c1-13(2)15-6-8-16(9-7-15)14(3)20-10-4-5-17-11-19-12-18(17)20/h6-9,13-14,17-19H,4-5,10-12H2,1-3H3. The third-order valence-electron chi connectivity index (χ3n) is 5.30. The number of fused-ring (bicyclic) bond motifs is 1. The Morgan fingerprint density at radius 1 is 1.05 bits per heavy atom. The third-order valence-corrected chi connectivity index (χ3v) is 5.30. The molecule has 1 aromatic rings. The average molecular weight is 272 g/mol. The topological polar surface area (TPSA) is 15.3 Å². The van der Waals surface area contributed by atoms with E-state index in [1.807, 2.05) is 0 Å². The molecule has 2 nitrogen and oxygen atoms in total. The number of rotatable bonds is 3. The number of piperidine rings is 1. The summed E-state index contributed by atoms with van der Waals surface area (Å²) in [5.41, 5.74) is 2.92. The van der Waals surface area contributed by atoms with Crippen LogP contribution in [0.1, 0.15) is 56.7 Å². The Morgan fingerprint density at radius 3 is 2.45 bits per heavy atom. The van der Waals surface area contributed by atoms with E-state index in [0.717, 1.165) is 12.0 Å². The van der Waals surface area contributed by atoms with E-state index in [9.17, 15) is 0 Å². The molecule has 0 radical (unpaired) electrons. The molecule has 3 atom stereocenters. The van der Waals surface area contributed by atoms with Crippen LogP contribution in [0.2, 0.25) is 0 Å². The summed E-state index contributed by atoms with van der Waals surface area (Å²) in [4.78, 5) is 2.73. The van der Waals surface area contributed by atoms with Crippen molar-refractivity contribution in [3.05, 3.63) is 35.4 Å². The minimum atomic E-state index is 0.545. The monoisotopic (exact) mass is 272 g/mol. The van der Waals surface area contributed by atoms with Gasteiger partial charge >= 0.3 is 0 Å². The van der Waals surface area contributed by atoms with Gasteiger partial charge in [-0.1, -0.05) is 38.1 Å². The summed E-state index contributed by atoms with van der Waals surface area (Å²) >= 11 is 0. The summed E-state index contributed by atoms with van der Waals surface area (Å²) in [6, 6.07) is 10.6. The van der Waals surface area contributed by atoms with Crippen LogP contribution in [0.4, 0.5) is 0 Å². The molecule has 0 aliphatic carbocycles. The average Bonchev–Trinajstić information content (AvgIpc) is 2.95. The lowest BCUT2D eigenvalue weighted by Gasteiger charge is -2.41. The molecule has 0 bridgehead atoms. The third kappa shape index (κ3) is 2.64. The molecule has 2 heteroatoms. The van der Waals surface area contributed by atoms with Crippen molar-refractivity contribution in [3.63, 3.8) is 0 Å². The van der Waals surface area contributed by atoms with Gasteiger partial charge in [-0.05, 0) is 55.8 Å². The summed E-state index contributed by atoms with van der Waals surface area (Å²) < 4.78 is 0. The number of hydrogen-bond donors (Lipinski definition) is 1. The van der Waals surface area contributed by atoms with Crippen LogP contribution in [0.25, 0.3) is 0 Å². The molecule has 2 aliphatic rings. The van der Waals surface area contributed by atoms with Gasteiger partial charge in [0.05, 0.1) is 0 Å². The highest BCUT2D eigenvalue weighted by Crippen LogP contribution is 2.33. The lowest BCUT2D eigenvalue weighted by Crippen LogP contribution is -2.46. The smallest absolute Gasteiger partial charge is 0.0323 e. The van der Waals surface area contributed by atoms with E-state index in [1.165, 1.54) is 43.6 Å². The van der Waals surface area contributed by atoms with Gasteiger partial charge in [-0.15, -0.1) is 0 Å². The quantitative estimate of drug-likeness (QED) is 0.905. The molecule has 110 valence electrons. The molecule has 20 heavy (non-hydrogen) atoms. The normalized spacial score (nSPS) is 28.6. The highest BCUT2D eigenvalue weighted by Gasteiger charge is 2.37. The predicted molar refractivity (Wildman–Crippen MR) is 85.0 cm³/mol. The first-order chi connectivity index (χ1) is 9.66. The van der Waals surface area contributed by atoms with Crippen molar-refractivity contribution in [1.82, 2.24) is 10.2 Å². The Kier molecular flexibility index (Phi) is 4.13. The van der Waals surface area contributed by atoms with Gasteiger partial charge in [-0.3, -0.25) is 4.90 Å². The minimum Gasteiger partial charge on any atom is -0.315 e. The summed E-state index contributed by atoms with van der Waals surface area (Å²) in [7, 11) is 0. The molecule has 1 aromatic carbocycles. The maximum absolute atomic E-state index is 3.58. The molecule has 1 N–H and O–H groups in total. The second-order valence-corrected chi connectivity index (χ2v) is 6.86. The van der Waals surface area contributed by atoms with Crippen LogP contribution in [-0.4, -0.2) is 30.6 Å². The maximum Gasteiger partial charge on any atom is 0.0323 e. The molecule has 2 aliphatic heterocycles. The first-order valence-corrected chi connectivity index (χ1v) is 8.23. The zero-order valence-corrected chi connectivity index (χ0v) is 13.1. The summed E-state index contributed by atoms with van der Waals surface area (Å²) in [5, 5.41) is 3.58. The van der Waals surface area contributed by atoms with Gasteiger partial charge in [0.1, 0.15) is 0 Å². The molecule has 0 saturated carbocycles. The van der Waals surface area contributed by atoms with Crippen molar-refractivity contribution >= 4 is 0 Å². The fourth-order valence-corrected chi connectivity index (χ4v) is 3.94. The second-order valence-electron chi connectivity index (χ2n) is 6.86. The second kappa shape index (κ2) is 5.87. The zero-order chi connectivity index (χ0) is 14.1. The van der Waals surface area contributed by atoms with Crippen molar-refractivity contribution in [2.24, 2.45) is 5.92 Å². The molecule has 3 unspecified atom stereocenters. The van der Waals surface area contributed by atoms with Gasteiger partial charge in [0, 0.05) is 18.6 Å². The van der Waals surface area contributed by atoms with Crippen LogP contribution in [0.15, 0.2) is 24.3 Å².